The van der Waals surface area contributed by atoms with Gasteiger partial charge in [-0.05, 0) is 24.5 Å². The molecule has 3 heteroatoms. The maximum atomic E-state index is 5.26. The van der Waals surface area contributed by atoms with E-state index in [9.17, 15) is 0 Å². The highest BCUT2D eigenvalue weighted by molar-refractivity contribution is 5.29. The molecule has 0 amide bonds. The molecule has 0 atom stereocenters. The Morgan fingerprint density at radius 2 is 2.12 bits per heavy atom. The van der Waals surface area contributed by atoms with Crippen molar-refractivity contribution in [3.05, 3.63) is 52.9 Å². The molecule has 3 nitrogen and oxygen atoms in total. The van der Waals surface area contributed by atoms with E-state index < -0.39 is 0 Å². The van der Waals surface area contributed by atoms with Gasteiger partial charge in [-0.15, -0.1) is 0 Å². The average Bonchev–Trinajstić information content (AvgIpc) is 2.75. The Morgan fingerprint density at radius 1 is 1.29 bits per heavy atom. The van der Waals surface area contributed by atoms with Gasteiger partial charge < -0.3 is 4.52 Å². The Morgan fingerprint density at radius 3 is 2.88 bits per heavy atom. The minimum atomic E-state index is 0.856. The molecular weight excluding hydrogens is 212 g/mol. The van der Waals surface area contributed by atoms with Crippen LogP contribution in [0.5, 0.6) is 0 Å². The lowest BCUT2D eigenvalue weighted by Gasteiger charge is -2.27. The molecule has 1 aromatic heterocycles. The van der Waals surface area contributed by atoms with Crippen LogP contribution < -0.4 is 0 Å². The predicted molar refractivity (Wildman–Crippen MR) is 65.5 cm³/mol. The summed E-state index contributed by atoms with van der Waals surface area (Å²) in [5.74, 6) is 0.960. The molecule has 0 saturated heterocycles. The van der Waals surface area contributed by atoms with Crippen LogP contribution >= 0.6 is 0 Å². The van der Waals surface area contributed by atoms with E-state index in [1.165, 1.54) is 11.1 Å². The summed E-state index contributed by atoms with van der Waals surface area (Å²) in [7, 11) is 0. The molecule has 0 unspecified atom stereocenters. The smallest absolute Gasteiger partial charge is 0.150 e. The average molecular weight is 228 g/mol. The van der Waals surface area contributed by atoms with Crippen LogP contribution in [-0.4, -0.2) is 16.6 Å². The summed E-state index contributed by atoms with van der Waals surface area (Å²) < 4.78 is 5.26. The van der Waals surface area contributed by atoms with E-state index in [-0.39, 0.29) is 0 Å². The van der Waals surface area contributed by atoms with E-state index in [4.69, 9.17) is 4.52 Å². The molecule has 2 aromatic rings. The molecule has 0 fully saturated rings. The molecule has 1 aliphatic rings. The number of hydrogen-bond donors (Lipinski definition) is 0. The molecule has 3 rings (SSSR count). The lowest BCUT2D eigenvalue weighted by Crippen LogP contribution is -2.29. The van der Waals surface area contributed by atoms with E-state index >= 15 is 0 Å². The van der Waals surface area contributed by atoms with Gasteiger partial charge in [0.05, 0.1) is 12.2 Å². The van der Waals surface area contributed by atoms with E-state index in [1.807, 2.05) is 13.0 Å². The monoisotopic (exact) mass is 228 g/mol. The molecule has 2 heterocycles. The summed E-state index contributed by atoms with van der Waals surface area (Å²) in [5.41, 5.74) is 3.88. The fraction of sp³-hybridized carbons (Fsp3) is 0.357. The van der Waals surface area contributed by atoms with Crippen LogP contribution in [0.1, 0.15) is 22.6 Å². The normalized spacial score (nSPS) is 15.8. The standard InChI is InChI=1S/C14H16N2O/c1-11-8-14(17-15-11)10-16-7-6-12-4-2-3-5-13(12)9-16/h2-5,8H,6-7,9-10H2,1H3. The molecule has 88 valence electrons. The highest BCUT2D eigenvalue weighted by Gasteiger charge is 2.16. The molecule has 0 aliphatic carbocycles. The maximum Gasteiger partial charge on any atom is 0.150 e. The first-order valence-corrected chi connectivity index (χ1v) is 6.02. The highest BCUT2D eigenvalue weighted by atomic mass is 16.5. The van der Waals surface area contributed by atoms with Gasteiger partial charge in [0.25, 0.3) is 0 Å². The van der Waals surface area contributed by atoms with Crippen molar-refractivity contribution in [2.75, 3.05) is 6.54 Å². The third-order valence-corrected chi connectivity index (χ3v) is 3.27. The van der Waals surface area contributed by atoms with Crippen LogP contribution in [-0.2, 0) is 19.5 Å². The van der Waals surface area contributed by atoms with E-state index in [2.05, 4.69) is 34.3 Å². The molecular formula is C14H16N2O. The van der Waals surface area contributed by atoms with Gasteiger partial charge in [0.2, 0.25) is 0 Å². The van der Waals surface area contributed by atoms with Crippen LogP contribution in [0, 0.1) is 6.92 Å². The lowest BCUT2D eigenvalue weighted by atomic mass is 10.00. The van der Waals surface area contributed by atoms with Gasteiger partial charge in [0.15, 0.2) is 5.76 Å². The summed E-state index contributed by atoms with van der Waals surface area (Å²) in [6, 6.07) is 10.7. The number of fused-ring (bicyclic) bond motifs is 1. The van der Waals surface area contributed by atoms with E-state index in [0.29, 0.717) is 0 Å². The van der Waals surface area contributed by atoms with Gasteiger partial charge in [-0.25, -0.2) is 0 Å². The van der Waals surface area contributed by atoms with Crippen molar-refractivity contribution in [3.63, 3.8) is 0 Å². The minimum Gasteiger partial charge on any atom is -0.360 e. The van der Waals surface area contributed by atoms with Gasteiger partial charge in [0.1, 0.15) is 0 Å². The largest absolute Gasteiger partial charge is 0.360 e. The molecule has 0 radical (unpaired) electrons. The second kappa shape index (κ2) is 4.34. The zero-order chi connectivity index (χ0) is 11.7. The first kappa shape index (κ1) is 10.5. The Labute approximate surface area is 101 Å². The van der Waals surface area contributed by atoms with Gasteiger partial charge in [0, 0.05) is 19.2 Å². The van der Waals surface area contributed by atoms with Crippen molar-refractivity contribution in [1.29, 1.82) is 0 Å². The minimum absolute atomic E-state index is 0.856. The van der Waals surface area contributed by atoms with Crippen molar-refractivity contribution in [2.24, 2.45) is 0 Å². The van der Waals surface area contributed by atoms with Crippen molar-refractivity contribution in [1.82, 2.24) is 10.1 Å². The van der Waals surface area contributed by atoms with Crippen molar-refractivity contribution >= 4 is 0 Å². The highest BCUT2D eigenvalue weighted by Crippen LogP contribution is 2.20. The summed E-state index contributed by atoms with van der Waals surface area (Å²) in [4.78, 5) is 2.41. The van der Waals surface area contributed by atoms with Gasteiger partial charge in [-0.3, -0.25) is 4.90 Å². The number of rotatable bonds is 2. The number of nitrogens with zero attached hydrogens (tertiary/aromatic N) is 2. The summed E-state index contributed by atoms with van der Waals surface area (Å²) in [6.07, 6.45) is 1.13. The second-order valence-corrected chi connectivity index (χ2v) is 4.66. The topological polar surface area (TPSA) is 29.3 Å². The molecule has 0 spiro atoms. The summed E-state index contributed by atoms with van der Waals surface area (Å²) in [6.45, 7) is 4.92. The van der Waals surface area contributed by atoms with Crippen LogP contribution in [0.25, 0.3) is 0 Å². The fourth-order valence-corrected chi connectivity index (χ4v) is 2.40. The van der Waals surface area contributed by atoms with E-state index in [1.54, 1.807) is 0 Å². The summed E-state index contributed by atoms with van der Waals surface area (Å²) >= 11 is 0. The van der Waals surface area contributed by atoms with Gasteiger partial charge in [-0.2, -0.15) is 0 Å². The van der Waals surface area contributed by atoms with Crippen LogP contribution in [0.2, 0.25) is 0 Å². The number of aromatic nitrogens is 1. The van der Waals surface area contributed by atoms with Crippen molar-refractivity contribution < 1.29 is 4.52 Å². The lowest BCUT2D eigenvalue weighted by molar-refractivity contribution is 0.214. The maximum absolute atomic E-state index is 5.26. The Balaban J connectivity index is 1.72. The first-order chi connectivity index (χ1) is 8.31. The van der Waals surface area contributed by atoms with Crippen molar-refractivity contribution in [3.8, 4) is 0 Å². The first-order valence-electron chi connectivity index (χ1n) is 6.02. The van der Waals surface area contributed by atoms with Gasteiger partial charge >= 0.3 is 0 Å². The van der Waals surface area contributed by atoms with Crippen molar-refractivity contribution in [2.45, 2.75) is 26.4 Å². The van der Waals surface area contributed by atoms with Gasteiger partial charge in [-0.1, -0.05) is 29.4 Å². The quantitative estimate of drug-likeness (QED) is 0.791. The molecule has 17 heavy (non-hydrogen) atoms. The molecule has 1 aliphatic heterocycles. The number of aryl methyl sites for hydroxylation is 1. The fourth-order valence-electron chi connectivity index (χ4n) is 2.40. The Bertz CT molecular complexity index is 518. The second-order valence-electron chi connectivity index (χ2n) is 4.66. The Hall–Kier alpha value is -1.61. The number of hydrogen-bond acceptors (Lipinski definition) is 3. The third-order valence-electron chi connectivity index (χ3n) is 3.27. The molecule has 0 N–H and O–H groups in total. The zero-order valence-corrected chi connectivity index (χ0v) is 10.0. The molecule has 0 saturated carbocycles. The zero-order valence-electron chi connectivity index (χ0n) is 10.0. The number of benzene rings is 1. The van der Waals surface area contributed by atoms with Crippen LogP contribution in [0.4, 0.5) is 0 Å². The predicted octanol–water partition coefficient (Wildman–Crippen LogP) is 2.54. The third kappa shape index (κ3) is 2.24. The Kier molecular flexibility index (Phi) is 2.69. The molecule has 1 aromatic carbocycles. The molecule has 0 bridgehead atoms. The van der Waals surface area contributed by atoms with E-state index in [0.717, 1.165) is 37.5 Å². The SMILES string of the molecule is Cc1cc(CN2CCc3ccccc3C2)on1. The van der Waals surface area contributed by atoms with Crippen LogP contribution in [0.15, 0.2) is 34.9 Å². The summed E-state index contributed by atoms with van der Waals surface area (Å²) in [5, 5.41) is 3.92. The van der Waals surface area contributed by atoms with Crippen LogP contribution in [0.3, 0.4) is 0 Å².